The van der Waals surface area contributed by atoms with E-state index >= 15 is 0 Å². The third kappa shape index (κ3) is 4.61. The van der Waals surface area contributed by atoms with Crippen molar-refractivity contribution in [2.45, 2.75) is 44.9 Å². The van der Waals surface area contributed by atoms with E-state index in [-0.39, 0.29) is 5.91 Å². The highest BCUT2D eigenvalue weighted by atomic mass is 16.5. The van der Waals surface area contributed by atoms with Crippen LogP contribution in [0.25, 0.3) is 5.52 Å². The number of carbonyl (C=O) groups is 1. The molecular weight excluding hydrogens is 362 g/mol. The van der Waals surface area contributed by atoms with Crippen molar-refractivity contribution < 1.29 is 9.53 Å². The average molecular weight is 392 g/mol. The second-order valence-corrected chi connectivity index (χ2v) is 8.00. The van der Waals surface area contributed by atoms with Crippen LogP contribution in [-0.2, 0) is 11.2 Å². The first kappa shape index (κ1) is 19.5. The van der Waals surface area contributed by atoms with Crippen LogP contribution in [0.3, 0.4) is 0 Å². The number of fused-ring (bicyclic) bond motifs is 1. The fraction of sp³-hybridized carbons (Fsp3) is 0.417. The first-order chi connectivity index (χ1) is 14.2. The minimum absolute atomic E-state index is 0.142. The molecule has 4 rings (SSSR count). The maximum atomic E-state index is 12.6. The lowest BCUT2D eigenvalue weighted by Crippen LogP contribution is -2.27. The molecule has 1 atom stereocenters. The Kier molecular flexibility index (Phi) is 5.84. The Morgan fingerprint density at radius 3 is 2.93 bits per heavy atom. The first-order valence-electron chi connectivity index (χ1n) is 10.5. The van der Waals surface area contributed by atoms with Crippen LogP contribution in [-0.4, -0.2) is 28.9 Å². The van der Waals surface area contributed by atoms with E-state index < -0.39 is 0 Å². The van der Waals surface area contributed by atoms with Gasteiger partial charge in [-0.2, -0.15) is 0 Å². The zero-order valence-corrected chi connectivity index (χ0v) is 17.2. The number of aromatic nitrogens is 2. The topological polar surface area (TPSA) is 55.6 Å². The Balaban J connectivity index is 1.29. The van der Waals surface area contributed by atoms with Crippen molar-refractivity contribution in [3.8, 4) is 5.75 Å². The fourth-order valence-corrected chi connectivity index (χ4v) is 4.12. The van der Waals surface area contributed by atoms with Gasteiger partial charge in [0.1, 0.15) is 11.6 Å². The molecule has 0 bridgehead atoms. The number of benzene rings is 1. The Labute approximate surface area is 172 Å². The van der Waals surface area contributed by atoms with Gasteiger partial charge in [-0.3, -0.25) is 4.79 Å². The predicted octanol–water partition coefficient (Wildman–Crippen LogP) is 4.28. The Morgan fingerprint density at radius 2 is 2.17 bits per heavy atom. The molecule has 29 heavy (non-hydrogen) atoms. The number of rotatable bonds is 9. The van der Waals surface area contributed by atoms with Crippen LogP contribution < -0.4 is 10.1 Å². The number of hydrogen-bond donors (Lipinski definition) is 1. The van der Waals surface area contributed by atoms with Gasteiger partial charge in [-0.1, -0.05) is 18.2 Å². The summed E-state index contributed by atoms with van der Waals surface area (Å²) < 4.78 is 7.48. The van der Waals surface area contributed by atoms with Crippen LogP contribution in [0.2, 0.25) is 0 Å². The van der Waals surface area contributed by atoms with Crippen LogP contribution >= 0.6 is 0 Å². The fourth-order valence-electron chi connectivity index (χ4n) is 4.12. The highest BCUT2D eigenvalue weighted by Crippen LogP contribution is 2.45. The summed E-state index contributed by atoms with van der Waals surface area (Å²) in [7, 11) is 1.69. The van der Waals surface area contributed by atoms with Crippen molar-refractivity contribution in [2.75, 3.05) is 13.7 Å². The molecule has 0 aliphatic heterocycles. The maximum Gasteiger partial charge on any atom is 0.220 e. The largest absolute Gasteiger partial charge is 0.496 e. The first-order valence-corrected chi connectivity index (χ1v) is 10.5. The number of carbonyl (C=O) groups excluding carboxylic acids is 1. The second-order valence-electron chi connectivity index (χ2n) is 8.00. The summed E-state index contributed by atoms with van der Waals surface area (Å²) in [4.78, 5) is 17.1. The van der Waals surface area contributed by atoms with Gasteiger partial charge in [0.05, 0.1) is 18.8 Å². The van der Waals surface area contributed by atoms with Crippen molar-refractivity contribution in [1.29, 1.82) is 0 Å². The number of ether oxygens (including phenoxy) is 1. The van der Waals surface area contributed by atoms with Gasteiger partial charge in [0.15, 0.2) is 0 Å². The van der Waals surface area contributed by atoms with Gasteiger partial charge in [-0.15, -0.1) is 0 Å². The highest BCUT2D eigenvalue weighted by molar-refractivity contribution is 5.77. The summed E-state index contributed by atoms with van der Waals surface area (Å²) in [6.07, 6.45) is 8.66. The van der Waals surface area contributed by atoms with E-state index in [0.717, 1.165) is 35.5 Å². The van der Waals surface area contributed by atoms with E-state index in [1.807, 2.05) is 30.6 Å². The lowest BCUT2D eigenvalue weighted by Gasteiger charge is -2.18. The lowest BCUT2D eigenvalue weighted by atomic mass is 9.89. The quantitative estimate of drug-likeness (QED) is 0.554. The van der Waals surface area contributed by atoms with Crippen LogP contribution in [0.4, 0.5) is 0 Å². The third-order valence-electron chi connectivity index (χ3n) is 5.86. The predicted molar refractivity (Wildman–Crippen MR) is 114 cm³/mol. The molecule has 152 valence electrons. The number of nitrogens with zero attached hydrogens (tertiary/aromatic N) is 2. The molecule has 2 heterocycles. The van der Waals surface area contributed by atoms with E-state index in [4.69, 9.17) is 4.74 Å². The zero-order valence-electron chi connectivity index (χ0n) is 17.2. The molecule has 1 aliphatic rings. The Bertz CT molecular complexity index is 991. The molecule has 1 aromatic carbocycles. The summed E-state index contributed by atoms with van der Waals surface area (Å²) in [6, 6.07) is 12.4. The molecule has 0 radical (unpaired) electrons. The van der Waals surface area contributed by atoms with Gasteiger partial charge in [-0.25, -0.2) is 4.98 Å². The third-order valence-corrected chi connectivity index (χ3v) is 5.86. The van der Waals surface area contributed by atoms with E-state index in [2.05, 4.69) is 39.8 Å². The summed E-state index contributed by atoms with van der Waals surface area (Å²) in [6.45, 7) is 2.74. The number of nitrogens with one attached hydrogen (secondary N) is 1. The number of aryl methyl sites for hydroxylation is 2. The van der Waals surface area contributed by atoms with E-state index in [9.17, 15) is 4.79 Å². The highest BCUT2D eigenvalue weighted by Gasteiger charge is 2.33. The van der Waals surface area contributed by atoms with Gasteiger partial charge in [0.2, 0.25) is 5.91 Å². The lowest BCUT2D eigenvalue weighted by molar-refractivity contribution is -0.121. The number of hydrogen-bond acceptors (Lipinski definition) is 3. The van der Waals surface area contributed by atoms with Gasteiger partial charge >= 0.3 is 0 Å². The molecule has 2 aromatic heterocycles. The summed E-state index contributed by atoms with van der Waals surface area (Å²) in [5.41, 5.74) is 3.49. The molecular formula is C24H29N3O2. The van der Waals surface area contributed by atoms with Crippen LogP contribution in [0.15, 0.2) is 48.8 Å². The van der Waals surface area contributed by atoms with E-state index in [1.54, 1.807) is 7.11 Å². The monoisotopic (exact) mass is 391 g/mol. The van der Waals surface area contributed by atoms with Gasteiger partial charge in [-0.05, 0) is 67.3 Å². The molecule has 5 nitrogen and oxygen atoms in total. The average Bonchev–Trinajstić information content (AvgIpc) is 3.49. The molecule has 5 heteroatoms. The van der Waals surface area contributed by atoms with Crippen LogP contribution in [0.5, 0.6) is 5.75 Å². The molecule has 0 saturated heterocycles. The molecule has 1 N–H and O–H groups in total. The number of methoxy groups -OCH3 is 1. The summed E-state index contributed by atoms with van der Waals surface area (Å²) >= 11 is 0. The van der Waals surface area contributed by atoms with Crippen molar-refractivity contribution >= 4 is 11.4 Å². The van der Waals surface area contributed by atoms with Gasteiger partial charge in [0.25, 0.3) is 0 Å². The number of amides is 1. The minimum Gasteiger partial charge on any atom is -0.496 e. The number of imidazole rings is 1. The Hall–Kier alpha value is -2.82. The van der Waals surface area contributed by atoms with Crippen molar-refractivity contribution in [2.24, 2.45) is 5.92 Å². The molecule has 1 unspecified atom stereocenters. The van der Waals surface area contributed by atoms with Crippen molar-refractivity contribution in [3.05, 3.63) is 65.7 Å². The maximum absolute atomic E-state index is 12.6. The molecule has 0 spiro atoms. The minimum atomic E-state index is 0.142. The number of pyridine rings is 1. The van der Waals surface area contributed by atoms with Gasteiger partial charge < -0.3 is 14.5 Å². The molecule has 3 aromatic rings. The second kappa shape index (κ2) is 8.68. The smallest absolute Gasteiger partial charge is 0.220 e. The van der Waals surface area contributed by atoms with Crippen LogP contribution in [0, 0.1) is 12.8 Å². The zero-order chi connectivity index (χ0) is 20.2. The standard InChI is InChI=1S/C24H29N3O2/c1-17-14-19(10-11-22(17)29-2)21(18-8-9-18)15-24(28)25-12-5-7-23-26-16-20-6-3-4-13-27(20)23/h3-4,6,10-11,13-14,16,18,21H,5,7-9,12,15H2,1-2H3,(H,25,28). The van der Waals surface area contributed by atoms with Gasteiger partial charge in [0, 0.05) is 25.6 Å². The van der Waals surface area contributed by atoms with Crippen LogP contribution in [0.1, 0.15) is 48.6 Å². The molecule has 1 aliphatic carbocycles. The normalized spacial score (nSPS) is 14.7. The molecule has 1 saturated carbocycles. The summed E-state index contributed by atoms with van der Waals surface area (Å²) in [5, 5.41) is 3.11. The molecule has 1 amide bonds. The molecule has 1 fully saturated rings. The van der Waals surface area contributed by atoms with Crippen molar-refractivity contribution in [3.63, 3.8) is 0 Å². The SMILES string of the molecule is COc1ccc(C(CC(=O)NCCCc2ncc3ccccn23)C2CC2)cc1C. The van der Waals surface area contributed by atoms with E-state index in [0.29, 0.717) is 24.8 Å². The van der Waals surface area contributed by atoms with E-state index in [1.165, 1.54) is 18.4 Å². The Morgan fingerprint density at radius 1 is 1.31 bits per heavy atom. The van der Waals surface area contributed by atoms with Crippen molar-refractivity contribution in [1.82, 2.24) is 14.7 Å². The summed E-state index contributed by atoms with van der Waals surface area (Å²) in [5.74, 6) is 3.02.